The van der Waals surface area contributed by atoms with Gasteiger partial charge in [0.15, 0.2) is 0 Å². The number of rotatable bonds is 5. The summed E-state index contributed by atoms with van der Waals surface area (Å²) in [6, 6.07) is 7.62. The monoisotopic (exact) mass is 260 g/mol. The van der Waals surface area contributed by atoms with E-state index in [4.69, 9.17) is 9.84 Å². The van der Waals surface area contributed by atoms with Crippen LogP contribution in [0.15, 0.2) is 24.3 Å². The molecule has 0 fully saturated rings. The van der Waals surface area contributed by atoms with Gasteiger partial charge in [-0.3, -0.25) is 9.89 Å². The maximum atomic E-state index is 10.6. The minimum absolute atomic E-state index is 0.102. The van der Waals surface area contributed by atoms with Crippen LogP contribution in [-0.4, -0.2) is 28.4 Å². The molecule has 1 aromatic heterocycles. The summed E-state index contributed by atoms with van der Waals surface area (Å²) in [5.41, 5.74) is 3.69. The molecule has 1 aromatic carbocycles. The zero-order valence-corrected chi connectivity index (χ0v) is 10.9. The highest BCUT2D eigenvalue weighted by atomic mass is 16.5. The third-order valence-electron chi connectivity index (χ3n) is 3.06. The molecule has 0 amide bonds. The first kappa shape index (κ1) is 13.1. The molecule has 19 heavy (non-hydrogen) atoms. The summed E-state index contributed by atoms with van der Waals surface area (Å²) in [5.74, 6) is -0.0111. The SMILES string of the molecule is COc1ccc(-c2n[nH]c(CCC(=O)O)c2C)cc1. The van der Waals surface area contributed by atoms with Crippen molar-refractivity contribution in [3.8, 4) is 17.0 Å². The van der Waals surface area contributed by atoms with Crippen LogP contribution in [0.3, 0.4) is 0 Å². The van der Waals surface area contributed by atoms with Crippen molar-refractivity contribution in [1.82, 2.24) is 10.2 Å². The summed E-state index contributed by atoms with van der Waals surface area (Å²) in [7, 11) is 1.62. The molecule has 0 aliphatic carbocycles. The van der Waals surface area contributed by atoms with Crippen LogP contribution in [0.4, 0.5) is 0 Å². The van der Waals surface area contributed by atoms with Gasteiger partial charge in [0.2, 0.25) is 0 Å². The second kappa shape index (κ2) is 5.56. The molecule has 5 heteroatoms. The van der Waals surface area contributed by atoms with E-state index in [2.05, 4.69) is 10.2 Å². The van der Waals surface area contributed by atoms with Gasteiger partial charge >= 0.3 is 5.97 Å². The molecule has 0 aliphatic heterocycles. The highest BCUT2D eigenvalue weighted by Gasteiger charge is 2.11. The Morgan fingerprint density at radius 1 is 1.37 bits per heavy atom. The van der Waals surface area contributed by atoms with E-state index in [0.717, 1.165) is 28.3 Å². The number of ether oxygens (including phenoxy) is 1. The molecule has 100 valence electrons. The van der Waals surface area contributed by atoms with Crippen LogP contribution in [0.5, 0.6) is 5.75 Å². The van der Waals surface area contributed by atoms with Gasteiger partial charge in [-0.1, -0.05) is 0 Å². The fourth-order valence-electron chi connectivity index (χ4n) is 1.94. The Hall–Kier alpha value is -2.30. The van der Waals surface area contributed by atoms with Gasteiger partial charge in [0.1, 0.15) is 5.75 Å². The number of carbonyl (C=O) groups is 1. The van der Waals surface area contributed by atoms with Crippen LogP contribution in [0.25, 0.3) is 11.3 Å². The van der Waals surface area contributed by atoms with Crippen LogP contribution >= 0.6 is 0 Å². The van der Waals surface area contributed by atoms with Crippen molar-refractivity contribution in [2.45, 2.75) is 19.8 Å². The van der Waals surface area contributed by atoms with E-state index in [0.29, 0.717) is 6.42 Å². The number of aryl methyl sites for hydroxylation is 1. The Balaban J connectivity index is 2.22. The molecule has 2 N–H and O–H groups in total. The number of hydrogen-bond donors (Lipinski definition) is 2. The molecule has 0 bridgehead atoms. The van der Waals surface area contributed by atoms with Gasteiger partial charge in [0.05, 0.1) is 19.2 Å². The minimum Gasteiger partial charge on any atom is -0.497 e. The van der Waals surface area contributed by atoms with Gasteiger partial charge in [-0.15, -0.1) is 0 Å². The van der Waals surface area contributed by atoms with Gasteiger partial charge in [0, 0.05) is 11.3 Å². The standard InChI is InChI=1S/C14H16N2O3/c1-9-12(7-8-13(17)18)15-16-14(9)10-3-5-11(19-2)6-4-10/h3-6H,7-8H2,1-2H3,(H,15,16)(H,17,18). The number of benzene rings is 1. The molecule has 0 radical (unpaired) electrons. The number of hydrogen-bond acceptors (Lipinski definition) is 3. The lowest BCUT2D eigenvalue weighted by atomic mass is 10.1. The Labute approximate surface area is 111 Å². The predicted molar refractivity (Wildman–Crippen MR) is 71.3 cm³/mol. The molecule has 0 atom stereocenters. The first-order valence-corrected chi connectivity index (χ1v) is 6.02. The third kappa shape index (κ3) is 2.93. The molecule has 0 aliphatic rings. The van der Waals surface area contributed by atoms with Crippen LogP contribution < -0.4 is 4.74 Å². The fourth-order valence-corrected chi connectivity index (χ4v) is 1.94. The number of carboxylic acid groups (broad SMARTS) is 1. The van der Waals surface area contributed by atoms with E-state index in [1.165, 1.54) is 0 Å². The zero-order chi connectivity index (χ0) is 13.8. The molecular weight excluding hydrogens is 244 g/mol. The first-order chi connectivity index (χ1) is 9.11. The van der Waals surface area contributed by atoms with Crippen molar-refractivity contribution in [2.24, 2.45) is 0 Å². The fraction of sp³-hybridized carbons (Fsp3) is 0.286. The topological polar surface area (TPSA) is 75.2 Å². The summed E-state index contributed by atoms with van der Waals surface area (Å²) in [6.07, 6.45) is 0.565. The Morgan fingerprint density at radius 3 is 2.63 bits per heavy atom. The van der Waals surface area contributed by atoms with Gasteiger partial charge in [-0.25, -0.2) is 0 Å². The van der Waals surface area contributed by atoms with Crippen molar-refractivity contribution in [3.05, 3.63) is 35.5 Å². The molecule has 0 spiro atoms. The number of H-pyrrole nitrogens is 1. The van der Waals surface area contributed by atoms with E-state index >= 15 is 0 Å². The molecular formula is C14H16N2O3. The van der Waals surface area contributed by atoms with E-state index in [-0.39, 0.29) is 6.42 Å². The molecule has 5 nitrogen and oxygen atoms in total. The largest absolute Gasteiger partial charge is 0.497 e. The Bertz CT molecular complexity index is 573. The smallest absolute Gasteiger partial charge is 0.303 e. The third-order valence-corrected chi connectivity index (χ3v) is 3.06. The van der Waals surface area contributed by atoms with Gasteiger partial charge in [0.25, 0.3) is 0 Å². The lowest BCUT2D eigenvalue weighted by Crippen LogP contribution is -1.98. The van der Waals surface area contributed by atoms with Crippen LogP contribution in [0.1, 0.15) is 17.7 Å². The summed E-state index contributed by atoms with van der Waals surface area (Å²) in [5, 5.41) is 15.9. The number of aromatic nitrogens is 2. The zero-order valence-electron chi connectivity index (χ0n) is 10.9. The van der Waals surface area contributed by atoms with Crippen molar-refractivity contribution in [2.75, 3.05) is 7.11 Å². The number of methoxy groups -OCH3 is 1. The van der Waals surface area contributed by atoms with E-state index in [9.17, 15) is 4.79 Å². The molecule has 2 aromatic rings. The molecule has 2 rings (SSSR count). The number of nitrogens with zero attached hydrogens (tertiary/aromatic N) is 1. The second-order valence-electron chi connectivity index (χ2n) is 4.30. The summed E-state index contributed by atoms with van der Waals surface area (Å²) < 4.78 is 5.11. The number of aromatic amines is 1. The average molecular weight is 260 g/mol. The van der Waals surface area contributed by atoms with Gasteiger partial charge < -0.3 is 9.84 Å². The predicted octanol–water partition coefficient (Wildman–Crippen LogP) is 2.41. The Morgan fingerprint density at radius 2 is 2.05 bits per heavy atom. The number of nitrogens with one attached hydrogen (secondary N) is 1. The molecule has 1 heterocycles. The summed E-state index contributed by atoms with van der Waals surface area (Å²) in [6.45, 7) is 1.94. The summed E-state index contributed by atoms with van der Waals surface area (Å²) in [4.78, 5) is 10.6. The second-order valence-corrected chi connectivity index (χ2v) is 4.30. The summed E-state index contributed by atoms with van der Waals surface area (Å²) >= 11 is 0. The molecule has 0 saturated carbocycles. The highest BCUT2D eigenvalue weighted by molar-refractivity contribution is 5.68. The highest BCUT2D eigenvalue weighted by Crippen LogP contribution is 2.25. The minimum atomic E-state index is -0.806. The van der Waals surface area contributed by atoms with E-state index < -0.39 is 5.97 Å². The molecule has 0 unspecified atom stereocenters. The lowest BCUT2D eigenvalue weighted by molar-refractivity contribution is -0.136. The van der Waals surface area contributed by atoms with Crippen LogP contribution in [0.2, 0.25) is 0 Å². The Kier molecular flexibility index (Phi) is 3.85. The first-order valence-electron chi connectivity index (χ1n) is 6.02. The van der Waals surface area contributed by atoms with Crippen molar-refractivity contribution < 1.29 is 14.6 Å². The van der Waals surface area contributed by atoms with Crippen molar-refractivity contribution in [1.29, 1.82) is 0 Å². The molecule has 0 saturated heterocycles. The maximum Gasteiger partial charge on any atom is 0.303 e. The van der Waals surface area contributed by atoms with E-state index in [1.807, 2.05) is 31.2 Å². The quantitative estimate of drug-likeness (QED) is 0.865. The van der Waals surface area contributed by atoms with Crippen molar-refractivity contribution in [3.63, 3.8) is 0 Å². The van der Waals surface area contributed by atoms with Gasteiger partial charge in [-0.2, -0.15) is 5.10 Å². The van der Waals surface area contributed by atoms with Crippen molar-refractivity contribution >= 4 is 5.97 Å². The lowest BCUT2D eigenvalue weighted by Gasteiger charge is -2.02. The van der Waals surface area contributed by atoms with Gasteiger partial charge in [-0.05, 0) is 43.2 Å². The maximum absolute atomic E-state index is 10.6. The number of carboxylic acids is 1. The number of aliphatic carboxylic acids is 1. The van der Waals surface area contributed by atoms with Crippen LogP contribution in [0, 0.1) is 6.92 Å². The van der Waals surface area contributed by atoms with E-state index in [1.54, 1.807) is 7.11 Å². The van der Waals surface area contributed by atoms with Crippen LogP contribution in [-0.2, 0) is 11.2 Å². The average Bonchev–Trinajstić information content (AvgIpc) is 2.78. The normalized spacial score (nSPS) is 10.4.